The van der Waals surface area contributed by atoms with E-state index in [2.05, 4.69) is 0 Å². The quantitative estimate of drug-likeness (QED) is 0.300. The molecule has 2 fully saturated rings. The highest BCUT2D eigenvalue weighted by Gasteiger charge is 2.49. The van der Waals surface area contributed by atoms with Gasteiger partial charge >= 0.3 is 0 Å². The molecule has 0 bridgehead atoms. The van der Waals surface area contributed by atoms with Crippen molar-refractivity contribution in [2.45, 2.75) is 68.3 Å². The van der Waals surface area contributed by atoms with Gasteiger partial charge in [-0.3, -0.25) is 0 Å². The van der Waals surface area contributed by atoms with Gasteiger partial charge in [0.1, 0.15) is 42.7 Å². The van der Waals surface area contributed by atoms with E-state index in [1.165, 1.54) is 7.11 Å². The van der Waals surface area contributed by atoms with Gasteiger partial charge in [-0.2, -0.15) is 0 Å². The monoisotopic (exact) mass is 340 g/mol. The molecule has 2 aliphatic heterocycles. The molecule has 0 aliphatic carbocycles. The third-order valence-corrected chi connectivity index (χ3v) is 4.15. The smallest absolute Gasteiger partial charge is 0.187 e. The van der Waals surface area contributed by atoms with Crippen molar-refractivity contribution in [1.29, 1.82) is 0 Å². The predicted molar refractivity (Wildman–Crippen MR) is 72.0 cm³/mol. The van der Waals surface area contributed by atoms with Crippen LogP contribution >= 0.6 is 0 Å². The molecule has 0 amide bonds. The highest BCUT2D eigenvalue weighted by Crippen LogP contribution is 2.29. The number of aliphatic hydroxyl groups excluding tert-OH is 6. The van der Waals surface area contributed by atoms with Crippen LogP contribution in [0.2, 0.25) is 0 Å². The van der Waals surface area contributed by atoms with Crippen LogP contribution in [0.5, 0.6) is 0 Å². The van der Waals surface area contributed by atoms with Crippen molar-refractivity contribution in [3.8, 4) is 0 Å². The number of rotatable bonds is 4. The van der Waals surface area contributed by atoms with Crippen LogP contribution in [0.25, 0.3) is 0 Å². The van der Waals surface area contributed by atoms with Crippen LogP contribution in [-0.2, 0) is 18.9 Å². The summed E-state index contributed by atoms with van der Waals surface area (Å²) in [5, 5.41) is 58.8. The number of aliphatic hydroxyl groups is 6. The lowest BCUT2D eigenvalue weighted by Crippen LogP contribution is -2.64. The zero-order valence-corrected chi connectivity index (χ0v) is 12.8. The van der Waals surface area contributed by atoms with E-state index < -0.39 is 68.0 Å². The summed E-state index contributed by atoms with van der Waals surface area (Å²) < 4.78 is 20.8. The Hall–Kier alpha value is -0.400. The third kappa shape index (κ3) is 3.66. The number of methoxy groups -OCH3 is 1. The first-order chi connectivity index (χ1) is 10.8. The molecule has 0 aromatic carbocycles. The fourth-order valence-corrected chi connectivity index (χ4v) is 2.69. The van der Waals surface area contributed by atoms with Gasteiger partial charge in [-0.25, -0.2) is 0 Å². The topological polar surface area (TPSA) is 158 Å². The van der Waals surface area contributed by atoms with Crippen molar-refractivity contribution < 1.29 is 49.6 Å². The molecule has 10 atom stereocenters. The molecule has 10 heteroatoms. The lowest BCUT2D eigenvalue weighted by atomic mass is 9.97. The van der Waals surface area contributed by atoms with E-state index in [0.717, 1.165) is 0 Å². The van der Waals surface area contributed by atoms with E-state index in [-0.39, 0.29) is 0 Å². The van der Waals surface area contributed by atoms with Gasteiger partial charge in [0.05, 0.1) is 12.7 Å². The average molecular weight is 340 g/mol. The Labute approximate surface area is 132 Å². The summed E-state index contributed by atoms with van der Waals surface area (Å²) in [7, 11) is 1.31. The molecule has 0 saturated carbocycles. The van der Waals surface area contributed by atoms with Gasteiger partial charge in [-0.1, -0.05) is 0 Å². The molecule has 0 aromatic rings. The summed E-state index contributed by atoms with van der Waals surface area (Å²) in [6.45, 7) is 0.938. The minimum atomic E-state index is -1.63. The van der Waals surface area contributed by atoms with Crippen LogP contribution in [0.3, 0.4) is 0 Å². The predicted octanol–water partition coefficient (Wildman–Crippen LogP) is -3.72. The first-order valence-electron chi connectivity index (χ1n) is 7.32. The van der Waals surface area contributed by atoms with Crippen molar-refractivity contribution in [1.82, 2.24) is 0 Å². The Balaban J connectivity index is 2.11. The lowest BCUT2D eigenvalue weighted by molar-refractivity contribution is -0.355. The fourth-order valence-electron chi connectivity index (χ4n) is 2.69. The maximum atomic E-state index is 10.1. The van der Waals surface area contributed by atoms with Gasteiger partial charge in [-0.15, -0.1) is 0 Å². The van der Waals surface area contributed by atoms with E-state index in [1.54, 1.807) is 6.92 Å². The van der Waals surface area contributed by atoms with Gasteiger partial charge in [0.2, 0.25) is 0 Å². The zero-order chi connectivity index (χ0) is 17.3. The van der Waals surface area contributed by atoms with Gasteiger partial charge < -0.3 is 49.6 Å². The van der Waals surface area contributed by atoms with E-state index in [0.29, 0.717) is 0 Å². The van der Waals surface area contributed by atoms with Crippen LogP contribution in [0, 0.1) is 0 Å². The van der Waals surface area contributed by atoms with Crippen LogP contribution < -0.4 is 0 Å². The molecule has 0 radical (unpaired) electrons. The van der Waals surface area contributed by atoms with Crippen molar-refractivity contribution in [2.24, 2.45) is 0 Å². The first-order valence-corrected chi connectivity index (χ1v) is 7.32. The molecule has 136 valence electrons. The number of hydrogen-bond acceptors (Lipinski definition) is 10. The van der Waals surface area contributed by atoms with Crippen LogP contribution in [0.15, 0.2) is 0 Å². The second-order valence-electron chi connectivity index (χ2n) is 5.72. The molecular weight excluding hydrogens is 316 g/mol. The Morgan fingerprint density at radius 2 is 1.48 bits per heavy atom. The zero-order valence-electron chi connectivity index (χ0n) is 12.8. The summed E-state index contributed by atoms with van der Waals surface area (Å²) >= 11 is 0. The van der Waals surface area contributed by atoms with Gasteiger partial charge in [0.15, 0.2) is 12.6 Å². The summed E-state index contributed by atoms with van der Waals surface area (Å²) in [6.07, 6.45) is -13.0. The van der Waals surface area contributed by atoms with E-state index in [4.69, 9.17) is 24.1 Å². The summed E-state index contributed by atoms with van der Waals surface area (Å²) in [4.78, 5) is 0. The van der Waals surface area contributed by atoms with Crippen molar-refractivity contribution >= 4 is 0 Å². The largest absolute Gasteiger partial charge is 0.394 e. The van der Waals surface area contributed by atoms with E-state index in [9.17, 15) is 25.5 Å². The molecule has 2 saturated heterocycles. The van der Waals surface area contributed by atoms with E-state index in [1.807, 2.05) is 0 Å². The second-order valence-corrected chi connectivity index (χ2v) is 5.72. The van der Waals surface area contributed by atoms with Crippen LogP contribution in [-0.4, -0.2) is 106 Å². The molecule has 6 N–H and O–H groups in total. The maximum absolute atomic E-state index is 10.1. The van der Waals surface area contributed by atoms with Crippen LogP contribution in [0.1, 0.15) is 6.92 Å². The van der Waals surface area contributed by atoms with Crippen LogP contribution in [0.4, 0.5) is 0 Å². The molecule has 0 spiro atoms. The first kappa shape index (κ1) is 18.9. The Morgan fingerprint density at radius 1 is 0.826 bits per heavy atom. The summed E-state index contributed by atoms with van der Waals surface area (Å²) in [5.74, 6) is 0. The van der Waals surface area contributed by atoms with Crippen molar-refractivity contribution in [3.63, 3.8) is 0 Å². The van der Waals surface area contributed by atoms with Gasteiger partial charge in [0.25, 0.3) is 0 Å². The molecule has 23 heavy (non-hydrogen) atoms. The third-order valence-electron chi connectivity index (χ3n) is 4.15. The van der Waals surface area contributed by atoms with E-state index >= 15 is 0 Å². The summed E-state index contributed by atoms with van der Waals surface area (Å²) in [5.41, 5.74) is 0. The van der Waals surface area contributed by atoms with Crippen molar-refractivity contribution in [2.75, 3.05) is 13.7 Å². The highest BCUT2D eigenvalue weighted by atomic mass is 16.7. The Kier molecular flexibility index (Phi) is 6.30. The molecule has 2 aliphatic rings. The normalized spacial score (nSPS) is 51.7. The number of ether oxygens (including phenoxy) is 4. The Morgan fingerprint density at radius 3 is 2.04 bits per heavy atom. The summed E-state index contributed by atoms with van der Waals surface area (Å²) in [6, 6.07) is 0. The number of hydrogen-bond donors (Lipinski definition) is 6. The van der Waals surface area contributed by atoms with Gasteiger partial charge in [0, 0.05) is 7.11 Å². The molecular formula is C13H24O10. The molecule has 0 unspecified atom stereocenters. The minimum Gasteiger partial charge on any atom is -0.394 e. The lowest BCUT2D eigenvalue weighted by Gasteiger charge is -2.45. The molecule has 0 aromatic heterocycles. The molecule has 2 rings (SSSR count). The highest BCUT2D eigenvalue weighted by molar-refractivity contribution is 4.93. The molecule has 2 heterocycles. The van der Waals surface area contributed by atoms with Gasteiger partial charge in [-0.05, 0) is 6.92 Å². The SMILES string of the molecule is CO[C@@H]1O[C@@H](C)[C@H](O)[C@@H](O[C@H]2O[C@H](CO)[C@@H](O)[C@H](O)[C@H]2O)[C@H]1O. The maximum Gasteiger partial charge on any atom is 0.187 e. The fraction of sp³-hybridized carbons (Fsp3) is 1.00. The second kappa shape index (κ2) is 7.66. The Bertz CT molecular complexity index is 380. The average Bonchev–Trinajstić information content (AvgIpc) is 2.54. The van der Waals surface area contributed by atoms with Crippen molar-refractivity contribution in [3.05, 3.63) is 0 Å². The molecule has 10 nitrogen and oxygen atoms in total. The standard InChI is InChI=1S/C13H24O10/c1-4-6(15)11(10(19)12(20-2)21-4)23-13-9(18)8(17)7(16)5(3-14)22-13/h4-19H,3H2,1-2H3/t4-,5+,6-,7+,8-,9+,10+,11+,12+,13+/m0/s1. The minimum absolute atomic E-state index is 0.610.